The van der Waals surface area contributed by atoms with Crippen LogP contribution in [-0.2, 0) is 20.5 Å². The van der Waals surface area contributed by atoms with Crippen molar-refractivity contribution in [1.29, 1.82) is 0 Å². The first kappa shape index (κ1) is 18.7. The molecule has 1 aromatic carbocycles. The van der Waals surface area contributed by atoms with Gasteiger partial charge in [-0.25, -0.2) is 13.2 Å². The third-order valence-corrected chi connectivity index (χ3v) is 5.59. The topological polar surface area (TPSA) is 27.7 Å². The number of ether oxygens (including phenoxy) is 1. The maximum absolute atomic E-state index is 13.5. The fraction of sp³-hybridized carbons (Fsp3) is 0.667. The van der Waals surface area contributed by atoms with Gasteiger partial charge in [0, 0.05) is 12.4 Å². The average Bonchev–Trinajstić information content (AvgIpc) is 2.73. The lowest BCUT2D eigenvalue weighted by molar-refractivity contribution is 0.00578. The van der Waals surface area contributed by atoms with Crippen LogP contribution in [0.3, 0.4) is 0 Å². The second kappa shape index (κ2) is 6.60. The van der Waals surface area contributed by atoms with Gasteiger partial charge in [-0.1, -0.05) is 0 Å². The second-order valence-electron chi connectivity index (χ2n) is 7.92. The van der Waals surface area contributed by atoms with E-state index in [-0.39, 0.29) is 18.3 Å². The summed E-state index contributed by atoms with van der Waals surface area (Å²) in [4.78, 5) is 0. The van der Waals surface area contributed by atoms with Crippen molar-refractivity contribution in [3.63, 3.8) is 0 Å². The molecular formula is C18H24BF3O3. The van der Waals surface area contributed by atoms with Crippen molar-refractivity contribution in [3.05, 3.63) is 35.1 Å². The van der Waals surface area contributed by atoms with Crippen molar-refractivity contribution in [1.82, 2.24) is 0 Å². The van der Waals surface area contributed by atoms with Gasteiger partial charge in [0.2, 0.25) is 0 Å². The van der Waals surface area contributed by atoms with Crippen molar-refractivity contribution in [2.75, 3.05) is 6.61 Å². The molecule has 3 rings (SSSR count). The highest BCUT2D eigenvalue weighted by Gasteiger charge is 2.55. The predicted octanol–water partition coefficient (Wildman–Crippen LogP) is 4.29. The summed E-state index contributed by atoms with van der Waals surface area (Å²) in [5.41, 5.74) is -0.536. The Labute approximate surface area is 147 Å². The van der Waals surface area contributed by atoms with E-state index in [2.05, 4.69) is 0 Å². The van der Waals surface area contributed by atoms with Crippen molar-refractivity contribution in [2.45, 2.75) is 70.1 Å². The van der Waals surface area contributed by atoms with Gasteiger partial charge < -0.3 is 14.0 Å². The monoisotopic (exact) mass is 356 g/mol. The molecule has 1 aromatic rings. The second-order valence-corrected chi connectivity index (χ2v) is 7.92. The first-order valence-electron chi connectivity index (χ1n) is 8.71. The molecule has 0 N–H and O–H groups in total. The van der Waals surface area contributed by atoms with Crippen LogP contribution in [0.5, 0.6) is 0 Å². The highest BCUT2D eigenvalue weighted by molar-refractivity contribution is 6.47. The molecule has 0 bridgehead atoms. The van der Waals surface area contributed by atoms with E-state index < -0.39 is 35.8 Å². The lowest BCUT2D eigenvalue weighted by atomic mass is 9.64. The molecule has 0 saturated carbocycles. The Balaban J connectivity index is 1.78. The Hall–Kier alpha value is -1.05. The first-order valence-corrected chi connectivity index (χ1v) is 8.71. The summed E-state index contributed by atoms with van der Waals surface area (Å²) in [6, 6.07) is 2.05. The Morgan fingerprint density at radius 2 is 1.60 bits per heavy atom. The van der Waals surface area contributed by atoms with Crippen LogP contribution in [0, 0.1) is 17.5 Å². The Bertz CT molecular complexity index is 611. The van der Waals surface area contributed by atoms with Crippen LogP contribution in [-0.4, -0.2) is 31.0 Å². The van der Waals surface area contributed by atoms with Crippen LogP contribution >= 0.6 is 0 Å². The van der Waals surface area contributed by atoms with E-state index in [0.717, 1.165) is 25.0 Å². The summed E-state index contributed by atoms with van der Waals surface area (Å²) in [6.07, 6.45) is 1.70. The van der Waals surface area contributed by atoms with Crippen LogP contribution in [0.1, 0.15) is 46.1 Å². The minimum atomic E-state index is -1.45. The standard InChI is InChI=1S/C18H24BF3O3/c1-17(2)18(3,4)25-19(24-17)12-6-5-7-23-15(12)10-11-8-13(20)16(22)14(21)9-11/h8-9,12,15H,5-7,10H2,1-4H3/t12-,15-/m1/s1. The molecule has 2 aliphatic heterocycles. The molecule has 0 unspecified atom stereocenters. The summed E-state index contributed by atoms with van der Waals surface area (Å²) in [5.74, 6) is -3.86. The zero-order chi connectivity index (χ0) is 18.4. The minimum absolute atomic E-state index is 0.0500. The molecule has 2 saturated heterocycles. The summed E-state index contributed by atoms with van der Waals surface area (Å²) in [5, 5.41) is 0. The molecule has 0 spiro atoms. The molecule has 2 heterocycles. The van der Waals surface area contributed by atoms with Crippen LogP contribution in [0.15, 0.2) is 12.1 Å². The Morgan fingerprint density at radius 3 is 2.16 bits per heavy atom. The van der Waals surface area contributed by atoms with Crippen LogP contribution in [0.25, 0.3) is 0 Å². The predicted molar refractivity (Wildman–Crippen MR) is 88.8 cm³/mol. The fourth-order valence-electron chi connectivity index (χ4n) is 3.41. The lowest BCUT2D eigenvalue weighted by Crippen LogP contribution is -2.41. The molecular weight excluding hydrogens is 332 g/mol. The van der Waals surface area contributed by atoms with Gasteiger partial charge in [-0.15, -0.1) is 0 Å². The molecule has 2 aliphatic rings. The summed E-state index contributed by atoms with van der Waals surface area (Å²) in [7, 11) is -0.439. The maximum atomic E-state index is 13.5. The van der Waals surface area contributed by atoms with Gasteiger partial charge in [0.25, 0.3) is 0 Å². The van der Waals surface area contributed by atoms with Crippen molar-refractivity contribution >= 4 is 7.12 Å². The molecule has 0 radical (unpaired) electrons. The molecule has 7 heteroatoms. The van der Waals surface area contributed by atoms with Gasteiger partial charge >= 0.3 is 7.12 Å². The minimum Gasteiger partial charge on any atom is -0.403 e. The van der Waals surface area contributed by atoms with E-state index in [1.807, 2.05) is 27.7 Å². The third-order valence-electron chi connectivity index (χ3n) is 5.59. The van der Waals surface area contributed by atoms with Gasteiger partial charge in [0.15, 0.2) is 17.5 Å². The number of hydrogen-bond donors (Lipinski definition) is 0. The average molecular weight is 356 g/mol. The molecule has 0 amide bonds. The Kier molecular flexibility index (Phi) is 4.94. The number of halogens is 3. The van der Waals surface area contributed by atoms with E-state index in [1.54, 1.807) is 0 Å². The number of rotatable bonds is 3. The summed E-state index contributed by atoms with van der Waals surface area (Å²) >= 11 is 0. The largest absolute Gasteiger partial charge is 0.463 e. The SMILES string of the molecule is CC1(C)OB([C@@H]2CCCO[C@@H]2Cc2cc(F)c(F)c(F)c2)OC1(C)C. The van der Waals surface area contributed by atoms with Gasteiger partial charge in [-0.3, -0.25) is 0 Å². The smallest absolute Gasteiger partial charge is 0.403 e. The fourth-order valence-corrected chi connectivity index (χ4v) is 3.41. The van der Waals surface area contributed by atoms with Crippen LogP contribution in [0.2, 0.25) is 5.82 Å². The molecule has 2 fully saturated rings. The highest BCUT2D eigenvalue weighted by Crippen LogP contribution is 2.44. The third kappa shape index (κ3) is 3.59. The summed E-state index contributed by atoms with van der Waals surface area (Å²) < 4.78 is 58.3. The highest BCUT2D eigenvalue weighted by atomic mass is 19.2. The Morgan fingerprint density at radius 1 is 1.04 bits per heavy atom. The van der Waals surface area contributed by atoms with E-state index in [9.17, 15) is 13.2 Å². The summed E-state index contributed by atoms with van der Waals surface area (Å²) in [6.45, 7) is 8.51. The first-order chi connectivity index (χ1) is 11.6. The lowest BCUT2D eigenvalue weighted by Gasteiger charge is -2.33. The zero-order valence-corrected chi connectivity index (χ0v) is 15.1. The molecule has 25 heavy (non-hydrogen) atoms. The van der Waals surface area contributed by atoms with Gasteiger partial charge in [0.05, 0.1) is 17.3 Å². The van der Waals surface area contributed by atoms with E-state index in [0.29, 0.717) is 12.2 Å². The van der Waals surface area contributed by atoms with Crippen LogP contribution < -0.4 is 0 Å². The van der Waals surface area contributed by atoms with E-state index in [4.69, 9.17) is 14.0 Å². The normalized spacial score (nSPS) is 28.4. The number of benzene rings is 1. The molecule has 138 valence electrons. The zero-order valence-electron chi connectivity index (χ0n) is 15.1. The van der Waals surface area contributed by atoms with Crippen molar-refractivity contribution in [3.8, 4) is 0 Å². The van der Waals surface area contributed by atoms with Crippen molar-refractivity contribution in [2.24, 2.45) is 0 Å². The quantitative estimate of drug-likeness (QED) is 0.598. The molecule has 0 aromatic heterocycles. The van der Waals surface area contributed by atoms with Gasteiger partial charge in [0.1, 0.15) is 0 Å². The maximum Gasteiger partial charge on any atom is 0.463 e. The molecule has 2 atom stereocenters. The molecule has 3 nitrogen and oxygen atoms in total. The van der Waals surface area contributed by atoms with Gasteiger partial charge in [-0.05, 0) is 64.7 Å². The number of hydrogen-bond acceptors (Lipinski definition) is 3. The van der Waals surface area contributed by atoms with E-state index in [1.165, 1.54) is 0 Å². The molecule has 0 aliphatic carbocycles. The van der Waals surface area contributed by atoms with Gasteiger partial charge in [-0.2, -0.15) is 0 Å². The van der Waals surface area contributed by atoms with E-state index >= 15 is 0 Å². The van der Waals surface area contributed by atoms with Crippen molar-refractivity contribution < 1.29 is 27.2 Å². The van der Waals surface area contributed by atoms with Crippen LogP contribution in [0.4, 0.5) is 13.2 Å².